The second kappa shape index (κ2) is 6.64. The maximum Gasteiger partial charge on any atom is 0.214 e. The largest absolute Gasteiger partial charge is 0.229 e. The maximum atomic E-state index is 12.8. The fourth-order valence-corrected chi connectivity index (χ4v) is 7.96. The summed E-state index contributed by atoms with van der Waals surface area (Å²) in [6.07, 6.45) is 4.30. The van der Waals surface area contributed by atoms with Gasteiger partial charge in [0, 0.05) is 13.1 Å². The summed E-state index contributed by atoms with van der Waals surface area (Å²) in [5.41, 5.74) is 0.0825. The number of rotatable bonds is 4. The van der Waals surface area contributed by atoms with Crippen molar-refractivity contribution in [3.63, 3.8) is 0 Å². The average Bonchev–Trinajstić information content (AvgIpc) is 2.84. The summed E-state index contributed by atoms with van der Waals surface area (Å²) in [7, 11) is -4.80. The number of hydrogen-bond donors (Lipinski definition) is 0. The van der Waals surface area contributed by atoms with E-state index in [1.807, 2.05) is 0 Å². The molecule has 23 heavy (non-hydrogen) atoms. The molecule has 0 amide bonds. The van der Waals surface area contributed by atoms with Crippen LogP contribution in [-0.2, 0) is 19.9 Å². The van der Waals surface area contributed by atoms with E-state index >= 15 is 0 Å². The molecule has 0 bridgehead atoms. The zero-order valence-electron chi connectivity index (χ0n) is 14.8. The molecule has 136 valence electrons. The van der Waals surface area contributed by atoms with Gasteiger partial charge in [-0.2, -0.15) is 0 Å². The first-order chi connectivity index (χ1) is 10.4. The van der Waals surface area contributed by atoms with Crippen LogP contribution in [0.5, 0.6) is 0 Å². The lowest BCUT2D eigenvalue weighted by Crippen LogP contribution is -2.45. The van der Waals surface area contributed by atoms with Gasteiger partial charge in [0.15, 0.2) is 9.84 Å². The topological polar surface area (TPSA) is 71.5 Å². The van der Waals surface area contributed by atoms with Gasteiger partial charge in [0.25, 0.3) is 0 Å². The van der Waals surface area contributed by atoms with Crippen LogP contribution in [0, 0.1) is 17.3 Å². The number of sulfonamides is 1. The predicted octanol–water partition coefficient (Wildman–Crippen LogP) is 2.29. The van der Waals surface area contributed by atoms with E-state index in [-0.39, 0.29) is 34.6 Å². The summed E-state index contributed by atoms with van der Waals surface area (Å²) in [6.45, 7) is 6.51. The molecule has 1 heterocycles. The second-order valence-electron chi connectivity index (χ2n) is 8.39. The summed E-state index contributed by atoms with van der Waals surface area (Å²) in [4.78, 5) is 0. The van der Waals surface area contributed by atoms with Gasteiger partial charge in [-0.15, -0.1) is 0 Å². The number of nitrogens with zero attached hydrogens (tertiary/aromatic N) is 1. The average molecular weight is 366 g/mol. The summed E-state index contributed by atoms with van der Waals surface area (Å²) >= 11 is 0. The Morgan fingerprint density at radius 3 is 2.30 bits per heavy atom. The smallest absolute Gasteiger partial charge is 0.214 e. The van der Waals surface area contributed by atoms with Gasteiger partial charge < -0.3 is 0 Å². The van der Waals surface area contributed by atoms with E-state index in [0.29, 0.717) is 18.8 Å². The van der Waals surface area contributed by atoms with Crippen LogP contribution in [0.2, 0.25) is 0 Å². The molecule has 2 aliphatic rings. The normalized spacial score (nSPS) is 32.3. The zero-order valence-corrected chi connectivity index (χ0v) is 16.4. The third-order valence-electron chi connectivity index (χ3n) is 5.50. The third kappa shape index (κ3) is 4.69. The molecule has 0 aromatic carbocycles. The molecule has 3 unspecified atom stereocenters. The molecule has 0 aromatic rings. The Balaban J connectivity index is 2.09. The van der Waals surface area contributed by atoms with Gasteiger partial charge in [-0.05, 0) is 42.9 Å². The van der Waals surface area contributed by atoms with Gasteiger partial charge in [-0.1, -0.05) is 27.2 Å². The quantitative estimate of drug-likeness (QED) is 0.766. The van der Waals surface area contributed by atoms with Gasteiger partial charge >= 0.3 is 0 Å². The van der Waals surface area contributed by atoms with Crippen LogP contribution in [0.1, 0.15) is 52.9 Å². The lowest BCUT2D eigenvalue weighted by Gasteiger charge is -2.37. The first-order valence-corrected chi connectivity index (χ1v) is 12.0. The van der Waals surface area contributed by atoms with Crippen molar-refractivity contribution in [2.45, 2.75) is 58.9 Å². The van der Waals surface area contributed by atoms with E-state index in [1.165, 1.54) is 0 Å². The molecule has 1 saturated heterocycles. The van der Waals surface area contributed by atoms with Crippen molar-refractivity contribution in [2.75, 3.05) is 24.3 Å². The minimum atomic E-state index is -3.42. The molecule has 0 N–H and O–H groups in total. The van der Waals surface area contributed by atoms with E-state index in [4.69, 9.17) is 0 Å². The van der Waals surface area contributed by atoms with E-state index in [9.17, 15) is 16.8 Å². The van der Waals surface area contributed by atoms with Crippen molar-refractivity contribution in [1.82, 2.24) is 4.31 Å². The molecule has 1 saturated carbocycles. The lowest BCUT2D eigenvalue weighted by molar-refractivity contribution is 0.167. The summed E-state index contributed by atoms with van der Waals surface area (Å²) < 4.78 is 50.6. The summed E-state index contributed by atoms with van der Waals surface area (Å²) in [6, 6.07) is 0.0418. The highest BCUT2D eigenvalue weighted by Gasteiger charge is 2.42. The van der Waals surface area contributed by atoms with E-state index < -0.39 is 19.9 Å². The first-order valence-electron chi connectivity index (χ1n) is 8.58. The molecular weight excluding hydrogens is 334 g/mol. The first kappa shape index (κ1) is 19.2. The van der Waals surface area contributed by atoms with Crippen molar-refractivity contribution in [3.05, 3.63) is 0 Å². The maximum absolute atomic E-state index is 12.8. The Bertz CT molecular complexity index is 619. The highest BCUT2D eigenvalue weighted by molar-refractivity contribution is 7.91. The van der Waals surface area contributed by atoms with Gasteiger partial charge in [0.1, 0.15) is 0 Å². The Morgan fingerprint density at radius 2 is 1.74 bits per heavy atom. The SMILES string of the molecule is CN(C1CCCC1C(C)(C)C)S(=O)(=O)CC1CCCS(=O)(=O)C1. The highest BCUT2D eigenvalue weighted by Crippen LogP contribution is 2.42. The standard InChI is InChI=1S/C16H31NO4S2/c1-16(2,3)14-8-5-9-15(14)17(4)23(20,21)12-13-7-6-10-22(18,19)11-13/h13-15H,5-12H2,1-4H3. The van der Waals surface area contributed by atoms with Crippen LogP contribution in [-0.4, -0.2) is 51.5 Å². The Labute approximate surface area is 141 Å². The molecule has 3 atom stereocenters. The molecular formula is C16H31NO4S2. The van der Waals surface area contributed by atoms with Crippen LogP contribution in [0.25, 0.3) is 0 Å². The number of sulfone groups is 1. The van der Waals surface area contributed by atoms with Gasteiger partial charge in [-0.3, -0.25) is 0 Å². The van der Waals surface area contributed by atoms with Crippen molar-refractivity contribution in [2.24, 2.45) is 17.3 Å². The fourth-order valence-electron chi connectivity index (χ4n) is 4.26. The molecule has 2 rings (SSSR count). The summed E-state index contributed by atoms with van der Waals surface area (Å²) in [5.74, 6) is 0.297. The Hall–Kier alpha value is -0.140. The highest BCUT2D eigenvalue weighted by atomic mass is 32.2. The second-order valence-corrected chi connectivity index (χ2v) is 12.7. The molecule has 0 spiro atoms. The fraction of sp³-hybridized carbons (Fsp3) is 1.00. The summed E-state index contributed by atoms with van der Waals surface area (Å²) in [5, 5.41) is 0. The van der Waals surface area contributed by atoms with Crippen LogP contribution in [0.3, 0.4) is 0 Å². The van der Waals surface area contributed by atoms with Gasteiger partial charge in [-0.25, -0.2) is 21.1 Å². The molecule has 1 aliphatic carbocycles. The van der Waals surface area contributed by atoms with Crippen LogP contribution in [0.4, 0.5) is 0 Å². The molecule has 7 heteroatoms. The van der Waals surface area contributed by atoms with Crippen molar-refractivity contribution >= 4 is 19.9 Å². The monoisotopic (exact) mass is 365 g/mol. The number of hydrogen-bond acceptors (Lipinski definition) is 4. The van der Waals surface area contributed by atoms with E-state index in [0.717, 1.165) is 19.3 Å². The van der Waals surface area contributed by atoms with Crippen molar-refractivity contribution in [3.8, 4) is 0 Å². The van der Waals surface area contributed by atoms with Crippen LogP contribution < -0.4 is 0 Å². The molecule has 2 fully saturated rings. The van der Waals surface area contributed by atoms with E-state index in [2.05, 4.69) is 20.8 Å². The minimum Gasteiger partial charge on any atom is -0.229 e. The minimum absolute atomic E-state index is 0.0213. The van der Waals surface area contributed by atoms with Crippen LogP contribution in [0.15, 0.2) is 0 Å². The van der Waals surface area contributed by atoms with Crippen molar-refractivity contribution < 1.29 is 16.8 Å². The van der Waals surface area contributed by atoms with Crippen molar-refractivity contribution in [1.29, 1.82) is 0 Å². The van der Waals surface area contributed by atoms with Gasteiger partial charge in [0.05, 0.1) is 17.3 Å². The lowest BCUT2D eigenvalue weighted by atomic mass is 9.77. The molecule has 5 nitrogen and oxygen atoms in total. The molecule has 0 radical (unpaired) electrons. The van der Waals surface area contributed by atoms with E-state index in [1.54, 1.807) is 11.4 Å². The Morgan fingerprint density at radius 1 is 1.09 bits per heavy atom. The van der Waals surface area contributed by atoms with Gasteiger partial charge in [0.2, 0.25) is 10.0 Å². The zero-order chi connectivity index (χ0) is 17.5. The molecule has 1 aliphatic heterocycles. The Kier molecular flexibility index (Phi) is 5.54. The predicted molar refractivity (Wildman–Crippen MR) is 93.5 cm³/mol. The molecule has 0 aromatic heterocycles. The third-order valence-corrected chi connectivity index (χ3v) is 9.43. The van der Waals surface area contributed by atoms with Crippen LogP contribution >= 0.6 is 0 Å².